The highest BCUT2D eigenvalue weighted by Gasteiger charge is 2.16. The third-order valence-corrected chi connectivity index (χ3v) is 2.87. The normalized spacial score (nSPS) is 18.3. The van der Waals surface area contributed by atoms with E-state index in [2.05, 4.69) is 16.0 Å². The predicted molar refractivity (Wildman–Crippen MR) is 68.2 cm³/mol. The molecule has 0 saturated carbocycles. The molecule has 0 aromatic heterocycles. The Morgan fingerprint density at radius 3 is 2.72 bits per heavy atom. The topological polar surface area (TPSA) is 70.2 Å². The maximum Gasteiger partial charge on any atom is 0.251 e. The minimum Gasteiger partial charge on any atom is -0.351 e. The van der Waals surface area contributed by atoms with E-state index in [0.717, 1.165) is 19.5 Å². The Hall–Kier alpha value is -1.88. The minimum atomic E-state index is -0.227. The van der Waals surface area contributed by atoms with Crippen LogP contribution in [-0.2, 0) is 4.79 Å². The van der Waals surface area contributed by atoms with Crippen LogP contribution in [0, 0.1) is 0 Å². The molecule has 3 N–H and O–H groups in total. The van der Waals surface area contributed by atoms with Crippen molar-refractivity contribution in [2.45, 2.75) is 12.5 Å². The van der Waals surface area contributed by atoms with Gasteiger partial charge in [-0.1, -0.05) is 18.2 Å². The van der Waals surface area contributed by atoms with Gasteiger partial charge in [0.2, 0.25) is 5.91 Å². The predicted octanol–water partition coefficient (Wildman–Crippen LogP) is -0.106. The number of hydrogen-bond acceptors (Lipinski definition) is 3. The smallest absolute Gasteiger partial charge is 0.251 e. The van der Waals surface area contributed by atoms with Gasteiger partial charge in [0.15, 0.2) is 0 Å². The number of carbonyl (C=O) groups excluding carboxylic acids is 2. The van der Waals surface area contributed by atoms with Crippen LogP contribution in [0.3, 0.4) is 0 Å². The van der Waals surface area contributed by atoms with Crippen LogP contribution in [0.25, 0.3) is 0 Å². The second-order valence-electron chi connectivity index (χ2n) is 4.31. The van der Waals surface area contributed by atoms with Crippen molar-refractivity contribution in [3.8, 4) is 0 Å². The van der Waals surface area contributed by atoms with Gasteiger partial charge in [0.25, 0.3) is 5.91 Å². The average Bonchev–Trinajstić information content (AvgIpc) is 2.90. The van der Waals surface area contributed by atoms with Crippen LogP contribution in [0.1, 0.15) is 16.8 Å². The lowest BCUT2D eigenvalue weighted by Gasteiger charge is -2.11. The van der Waals surface area contributed by atoms with Crippen molar-refractivity contribution in [1.29, 1.82) is 0 Å². The maximum atomic E-state index is 11.7. The molecule has 1 atom stereocenters. The van der Waals surface area contributed by atoms with Crippen LogP contribution in [0.5, 0.6) is 0 Å². The summed E-state index contributed by atoms with van der Waals surface area (Å²) < 4.78 is 0. The van der Waals surface area contributed by atoms with Crippen molar-refractivity contribution in [2.75, 3.05) is 19.6 Å². The van der Waals surface area contributed by atoms with E-state index in [9.17, 15) is 9.59 Å². The lowest BCUT2D eigenvalue weighted by Crippen LogP contribution is -2.42. The van der Waals surface area contributed by atoms with Gasteiger partial charge in [-0.25, -0.2) is 0 Å². The monoisotopic (exact) mass is 247 g/mol. The van der Waals surface area contributed by atoms with Crippen LogP contribution in [0.15, 0.2) is 30.3 Å². The number of rotatable bonds is 4. The van der Waals surface area contributed by atoms with Gasteiger partial charge >= 0.3 is 0 Å². The van der Waals surface area contributed by atoms with E-state index in [1.807, 2.05) is 6.07 Å². The molecule has 1 saturated heterocycles. The molecular weight excluding hydrogens is 230 g/mol. The summed E-state index contributed by atoms with van der Waals surface area (Å²) in [5, 5.41) is 8.64. The standard InChI is InChI=1S/C13H17N3O2/c17-12(16-11-6-7-14-8-11)9-15-13(18)10-4-2-1-3-5-10/h1-5,11,14H,6-9H2,(H,15,18)(H,16,17). The minimum absolute atomic E-state index is 0.0181. The Morgan fingerprint density at radius 2 is 2.06 bits per heavy atom. The summed E-state index contributed by atoms with van der Waals surface area (Å²) in [5.74, 6) is -0.372. The maximum absolute atomic E-state index is 11.7. The van der Waals surface area contributed by atoms with Crippen molar-refractivity contribution in [2.24, 2.45) is 0 Å². The van der Waals surface area contributed by atoms with E-state index >= 15 is 0 Å². The quantitative estimate of drug-likeness (QED) is 0.695. The zero-order valence-corrected chi connectivity index (χ0v) is 10.1. The number of hydrogen-bond donors (Lipinski definition) is 3. The van der Waals surface area contributed by atoms with Gasteiger partial charge in [-0.15, -0.1) is 0 Å². The van der Waals surface area contributed by atoms with E-state index in [0.29, 0.717) is 5.56 Å². The van der Waals surface area contributed by atoms with Gasteiger partial charge in [0, 0.05) is 18.2 Å². The van der Waals surface area contributed by atoms with Crippen molar-refractivity contribution in [3.05, 3.63) is 35.9 Å². The molecule has 1 heterocycles. The summed E-state index contributed by atoms with van der Waals surface area (Å²) in [6, 6.07) is 9.04. The second kappa shape index (κ2) is 6.16. The van der Waals surface area contributed by atoms with Crippen LogP contribution < -0.4 is 16.0 Å². The third kappa shape index (κ3) is 3.56. The molecule has 0 bridgehead atoms. The number of benzene rings is 1. The summed E-state index contributed by atoms with van der Waals surface area (Å²) in [6.45, 7) is 1.75. The molecule has 1 aromatic carbocycles. The molecule has 2 amide bonds. The fourth-order valence-corrected chi connectivity index (χ4v) is 1.91. The van der Waals surface area contributed by atoms with Crippen LogP contribution in [0.4, 0.5) is 0 Å². The lowest BCUT2D eigenvalue weighted by atomic mass is 10.2. The largest absolute Gasteiger partial charge is 0.351 e. The molecular formula is C13H17N3O2. The van der Waals surface area contributed by atoms with Gasteiger partial charge in [0.1, 0.15) is 0 Å². The Kier molecular flexibility index (Phi) is 4.30. The van der Waals surface area contributed by atoms with Gasteiger partial charge in [-0.2, -0.15) is 0 Å². The van der Waals surface area contributed by atoms with Gasteiger partial charge in [-0.3, -0.25) is 9.59 Å². The van der Waals surface area contributed by atoms with Crippen molar-refractivity contribution >= 4 is 11.8 Å². The first-order valence-electron chi connectivity index (χ1n) is 6.09. The summed E-state index contributed by atoms with van der Waals surface area (Å²) in [5.41, 5.74) is 0.563. The molecule has 0 radical (unpaired) electrons. The van der Waals surface area contributed by atoms with Crippen molar-refractivity contribution < 1.29 is 9.59 Å². The summed E-state index contributed by atoms with van der Waals surface area (Å²) in [7, 11) is 0. The van der Waals surface area contributed by atoms with Gasteiger partial charge in [0.05, 0.1) is 6.54 Å². The van der Waals surface area contributed by atoms with Crippen LogP contribution in [0.2, 0.25) is 0 Å². The molecule has 1 aliphatic heterocycles. The molecule has 5 heteroatoms. The van der Waals surface area contributed by atoms with E-state index in [4.69, 9.17) is 0 Å². The Morgan fingerprint density at radius 1 is 1.28 bits per heavy atom. The lowest BCUT2D eigenvalue weighted by molar-refractivity contribution is -0.120. The first kappa shape index (κ1) is 12.6. The SMILES string of the molecule is O=C(CNC(=O)c1ccccc1)NC1CCNC1. The summed E-state index contributed by atoms with van der Waals surface area (Å²) in [6.07, 6.45) is 0.943. The van der Waals surface area contributed by atoms with E-state index in [1.165, 1.54) is 0 Å². The van der Waals surface area contributed by atoms with E-state index in [1.54, 1.807) is 24.3 Å². The number of carbonyl (C=O) groups is 2. The third-order valence-electron chi connectivity index (χ3n) is 2.87. The van der Waals surface area contributed by atoms with Crippen molar-refractivity contribution in [3.63, 3.8) is 0 Å². The fraction of sp³-hybridized carbons (Fsp3) is 0.385. The zero-order chi connectivity index (χ0) is 12.8. The molecule has 5 nitrogen and oxygen atoms in total. The van der Waals surface area contributed by atoms with Gasteiger partial charge < -0.3 is 16.0 Å². The molecule has 1 fully saturated rings. The molecule has 1 aliphatic rings. The molecule has 1 unspecified atom stereocenters. The first-order valence-corrected chi connectivity index (χ1v) is 6.09. The number of amides is 2. The molecule has 1 aromatic rings. The summed E-state index contributed by atoms with van der Waals surface area (Å²) in [4.78, 5) is 23.3. The first-order chi connectivity index (χ1) is 8.75. The van der Waals surface area contributed by atoms with Crippen LogP contribution in [-0.4, -0.2) is 37.5 Å². The highest BCUT2D eigenvalue weighted by molar-refractivity contribution is 5.96. The Labute approximate surface area is 106 Å². The Balaban J connectivity index is 1.74. The highest BCUT2D eigenvalue weighted by atomic mass is 16.2. The van der Waals surface area contributed by atoms with E-state index in [-0.39, 0.29) is 24.4 Å². The van der Waals surface area contributed by atoms with Gasteiger partial charge in [-0.05, 0) is 25.1 Å². The number of nitrogens with one attached hydrogen (secondary N) is 3. The summed E-state index contributed by atoms with van der Waals surface area (Å²) >= 11 is 0. The van der Waals surface area contributed by atoms with Crippen molar-refractivity contribution in [1.82, 2.24) is 16.0 Å². The molecule has 2 rings (SSSR count). The highest BCUT2D eigenvalue weighted by Crippen LogP contribution is 1.98. The fourth-order valence-electron chi connectivity index (χ4n) is 1.91. The van der Waals surface area contributed by atoms with E-state index < -0.39 is 0 Å². The molecule has 0 aliphatic carbocycles. The molecule has 18 heavy (non-hydrogen) atoms. The molecule has 96 valence electrons. The zero-order valence-electron chi connectivity index (χ0n) is 10.1. The van der Waals surface area contributed by atoms with Crippen LogP contribution >= 0.6 is 0 Å². The average molecular weight is 247 g/mol. The molecule has 0 spiro atoms. The second-order valence-corrected chi connectivity index (χ2v) is 4.31. The Bertz CT molecular complexity index is 414.